The molecule has 0 saturated carbocycles. The van der Waals surface area contributed by atoms with E-state index >= 15 is 0 Å². The third-order valence-corrected chi connectivity index (χ3v) is 5.65. The monoisotopic (exact) mass is 452 g/mol. The van der Waals surface area contributed by atoms with Crippen molar-refractivity contribution in [2.24, 2.45) is 0 Å². The molecule has 0 aliphatic carbocycles. The third kappa shape index (κ3) is 3.82. The fraction of sp³-hybridized carbons (Fsp3) is 0.214. The molecule has 1 aromatic carbocycles. The van der Waals surface area contributed by atoms with Gasteiger partial charge >= 0.3 is 6.03 Å². The second-order valence-electron chi connectivity index (χ2n) is 5.12. The number of carbonyl (C=O) groups excluding carboxylic acids is 1. The summed E-state index contributed by atoms with van der Waals surface area (Å²) in [6, 6.07) is 8.66. The van der Waals surface area contributed by atoms with Gasteiger partial charge in [-0.05, 0) is 5.56 Å². The van der Waals surface area contributed by atoms with Crippen molar-refractivity contribution < 1.29 is 4.79 Å². The molecule has 0 radical (unpaired) electrons. The van der Waals surface area contributed by atoms with Crippen molar-refractivity contribution in [3.8, 4) is 0 Å². The summed E-state index contributed by atoms with van der Waals surface area (Å²) in [5.74, 6) is 0.0202. The van der Waals surface area contributed by atoms with E-state index in [2.05, 4.69) is 20.2 Å². The van der Waals surface area contributed by atoms with Crippen LogP contribution in [0.1, 0.15) is 17.2 Å². The third-order valence-electron chi connectivity index (χ3n) is 3.31. The fourth-order valence-electron chi connectivity index (χ4n) is 2.05. The van der Waals surface area contributed by atoms with Gasteiger partial charge in [0.15, 0.2) is 5.82 Å². The minimum absolute atomic E-state index is 0.222. The van der Waals surface area contributed by atoms with E-state index in [1.165, 1.54) is 12.7 Å². The predicted octanol–water partition coefficient (Wildman–Crippen LogP) is 3.98. The molecule has 0 amide bonds. The molecule has 136 valence electrons. The summed E-state index contributed by atoms with van der Waals surface area (Å²) in [5.41, 5.74) is 0.878. The first-order valence-corrected chi connectivity index (χ1v) is 8.93. The standard InChI is InChI=1S/C14H9Cl5N6O/c15-13(16,14(17,18)19)11-22-10(6-9-4-2-1-3-5-9)25(23-11)12(26)24-8-20-7-21-24/h1-5,7-8H,6H2. The Labute approximate surface area is 172 Å². The smallest absolute Gasteiger partial charge is 0.243 e. The SMILES string of the molecule is O=C(n1cncn1)n1nc(C(Cl)(Cl)C(Cl)(Cl)Cl)nc1Cc1ccccc1. The van der Waals surface area contributed by atoms with Gasteiger partial charge in [-0.2, -0.15) is 14.5 Å². The van der Waals surface area contributed by atoms with Gasteiger partial charge in [-0.25, -0.2) is 14.8 Å². The molecule has 0 atom stereocenters. The van der Waals surface area contributed by atoms with Crippen LogP contribution in [0.25, 0.3) is 0 Å². The predicted molar refractivity (Wildman–Crippen MR) is 99.2 cm³/mol. The van der Waals surface area contributed by atoms with Gasteiger partial charge in [-0.3, -0.25) is 0 Å². The van der Waals surface area contributed by atoms with E-state index in [4.69, 9.17) is 58.0 Å². The Balaban J connectivity index is 2.07. The molecule has 26 heavy (non-hydrogen) atoms. The summed E-state index contributed by atoms with van der Waals surface area (Å²) >= 11 is 29.8. The Kier molecular flexibility index (Phi) is 5.46. The first-order valence-electron chi connectivity index (χ1n) is 7.04. The average Bonchev–Trinajstić information content (AvgIpc) is 3.24. The highest BCUT2D eigenvalue weighted by molar-refractivity contribution is 6.75. The largest absolute Gasteiger partial charge is 0.372 e. The molecule has 0 fully saturated rings. The van der Waals surface area contributed by atoms with Crippen molar-refractivity contribution >= 4 is 64.0 Å². The molecule has 0 bridgehead atoms. The summed E-state index contributed by atoms with van der Waals surface area (Å²) in [5, 5.41) is 7.83. The Morgan fingerprint density at radius 1 is 1.08 bits per heavy atom. The van der Waals surface area contributed by atoms with Gasteiger partial charge in [0.2, 0.25) is 8.13 Å². The van der Waals surface area contributed by atoms with Crippen molar-refractivity contribution in [2.45, 2.75) is 14.5 Å². The highest BCUT2D eigenvalue weighted by atomic mass is 35.6. The highest BCUT2D eigenvalue weighted by Gasteiger charge is 2.51. The van der Waals surface area contributed by atoms with Crippen molar-refractivity contribution in [2.75, 3.05) is 0 Å². The lowest BCUT2D eigenvalue weighted by Gasteiger charge is -2.23. The van der Waals surface area contributed by atoms with Gasteiger partial charge in [0, 0.05) is 6.42 Å². The molecule has 7 nitrogen and oxygen atoms in total. The van der Waals surface area contributed by atoms with Crippen LogP contribution < -0.4 is 0 Å². The van der Waals surface area contributed by atoms with Crippen molar-refractivity contribution in [1.82, 2.24) is 29.5 Å². The van der Waals surface area contributed by atoms with Crippen LogP contribution in [0.5, 0.6) is 0 Å². The van der Waals surface area contributed by atoms with E-state index in [1.807, 2.05) is 30.3 Å². The number of hydrogen-bond acceptors (Lipinski definition) is 5. The van der Waals surface area contributed by atoms with E-state index in [0.29, 0.717) is 0 Å². The number of aromatic nitrogens is 6. The molecule has 0 N–H and O–H groups in total. The zero-order valence-corrected chi connectivity index (χ0v) is 16.5. The van der Waals surface area contributed by atoms with Crippen molar-refractivity contribution in [1.29, 1.82) is 0 Å². The van der Waals surface area contributed by atoms with Crippen LogP contribution in [0.4, 0.5) is 4.79 Å². The maximum absolute atomic E-state index is 12.6. The molecule has 2 aromatic heterocycles. The Morgan fingerprint density at radius 2 is 1.77 bits per heavy atom. The van der Waals surface area contributed by atoms with Crippen LogP contribution in [0.15, 0.2) is 43.0 Å². The quantitative estimate of drug-likeness (QED) is 0.560. The first-order chi connectivity index (χ1) is 12.2. The molecule has 3 rings (SSSR count). The molecule has 0 aliphatic heterocycles. The fourth-order valence-corrected chi connectivity index (χ4v) is 2.47. The first kappa shape index (κ1) is 19.4. The lowest BCUT2D eigenvalue weighted by atomic mass is 10.1. The number of rotatable bonds is 3. The minimum atomic E-state index is -2.12. The maximum Gasteiger partial charge on any atom is 0.372 e. The molecule has 0 spiro atoms. The Bertz CT molecular complexity index is 904. The summed E-state index contributed by atoms with van der Waals surface area (Å²) in [7, 11) is 0. The molecular formula is C14H9Cl5N6O. The number of halogens is 5. The second-order valence-corrected chi connectivity index (χ2v) is 8.73. The highest BCUT2D eigenvalue weighted by Crippen LogP contribution is 2.51. The van der Waals surface area contributed by atoms with Crippen molar-refractivity contribution in [3.05, 3.63) is 60.2 Å². The van der Waals surface area contributed by atoms with Gasteiger partial charge in [0.1, 0.15) is 18.5 Å². The van der Waals surface area contributed by atoms with Crippen LogP contribution >= 0.6 is 58.0 Å². The average molecular weight is 455 g/mol. The Hall–Kier alpha value is -1.38. The molecule has 0 saturated heterocycles. The molecular weight excluding hydrogens is 445 g/mol. The van der Waals surface area contributed by atoms with Gasteiger partial charge < -0.3 is 0 Å². The molecule has 12 heteroatoms. The number of alkyl halides is 5. The lowest BCUT2D eigenvalue weighted by molar-refractivity contribution is 0.237. The minimum Gasteiger partial charge on any atom is -0.243 e. The van der Waals surface area contributed by atoms with Crippen LogP contribution in [-0.2, 0) is 10.8 Å². The summed E-state index contributed by atoms with van der Waals surface area (Å²) in [4.78, 5) is 20.6. The van der Waals surface area contributed by atoms with Crippen LogP contribution in [0.3, 0.4) is 0 Å². The zero-order valence-electron chi connectivity index (χ0n) is 12.7. The second kappa shape index (κ2) is 7.32. The number of benzene rings is 1. The molecule has 3 aromatic rings. The zero-order chi connectivity index (χ0) is 18.9. The molecule has 2 heterocycles. The van der Waals surface area contributed by atoms with E-state index in [1.54, 1.807) is 0 Å². The number of carbonyl (C=O) groups is 1. The molecule has 0 aliphatic rings. The summed E-state index contributed by atoms with van der Waals surface area (Å²) < 4.78 is -2.22. The number of nitrogens with zero attached hydrogens (tertiary/aromatic N) is 6. The van der Waals surface area contributed by atoms with Crippen LogP contribution in [0, 0.1) is 0 Å². The summed E-state index contributed by atoms with van der Waals surface area (Å²) in [6.45, 7) is 0. The topological polar surface area (TPSA) is 78.5 Å². The van der Waals surface area contributed by atoms with Gasteiger partial charge in [0.05, 0.1) is 0 Å². The van der Waals surface area contributed by atoms with Crippen LogP contribution in [-0.4, -0.2) is 39.4 Å². The van der Waals surface area contributed by atoms with Crippen molar-refractivity contribution in [3.63, 3.8) is 0 Å². The Morgan fingerprint density at radius 3 is 2.35 bits per heavy atom. The normalized spacial score (nSPS) is 12.3. The summed E-state index contributed by atoms with van der Waals surface area (Å²) in [6.07, 6.45) is 2.69. The van der Waals surface area contributed by atoms with E-state index < -0.39 is 14.2 Å². The van der Waals surface area contributed by atoms with E-state index in [9.17, 15) is 4.79 Å². The van der Waals surface area contributed by atoms with Gasteiger partial charge in [0.25, 0.3) is 0 Å². The van der Waals surface area contributed by atoms with Gasteiger partial charge in [-0.1, -0.05) is 88.3 Å². The van der Waals surface area contributed by atoms with E-state index in [-0.39, 0.29) is 18.1 Å². The number of hydrogen-bond donors (Lipinski definition) is 0. The van der Waals surface area contributed by atoms with Gasteiger partial charge in [-0.15, -0.1) is 5.10 Å². The lowest BCUT2D eigenvalue weighted by Crippen LogP contribution is -2.30. The van der Waals surface area contributed by atoms with Crippen LogP contribution in [0.2, 0.25) is 0 Å². The maximum atomic E-state index is 12.6. The van der Waals surface area contributed by atoms with E-state index in [0.717, 1.165) is 14.9 Å². The molecule has 0 unspecified atom stereocenters.